The molecule has 0 radical (unpaired) electrons. The van der Waals surface area contributed by atoms with Crippen LogP contribution in [0.1, 0.15) is 13.3 Å². The number of methoxy groups -OCH3 is 1. The monoisotopic (exact) mass is 145 g/mol. The lowest BCUT2D eigenvalue weighted by molar-refractivity contribution is -0.126. The van der Waals surface area contributed by atoms with Crippen LogP contribution in [0.4, 0.5) is 0 Å². The van der Waals surface area contributed by atoms with Crippen LogP contribution >= 0.6 is 0 Å². The Morgan fingerprint density at radius 2 is 2.20 bits per heavy atom. The van der Waals surface area contributed by atoms with E-state index >= 15 is 0 Å². The van der Waals surface area contributed by atoms with Crippen LogP contribution in [-0.4, -0.2) is 26.7 Å². The van der Waals surface area contributed by atoms with Gasteiger partial charge in [0.2, 0.25) is 0 Å². The van der Waals surface area contributed by atoms with E-state index in [9.17, 15) is 0 Å². The van der Waals surface area contributed by atoms with Gasteiger partial charge >= 0.3 is 0 Å². The van der Waals surface area contributed by atoms with Gasteiger partial charge in [0.25, 0.3) is 6.47 Å². The molecule has 1 fully saturated rings. The van der Waals surface area contributed by atoms with Crippen molar-refractivity contribution in [1.29, 1.82) is 0 Å². The van der Waals surface area contributed by atoms with Crippen molar-refractivity contribution in [1.82, 2.24) is 5.32 Å². The molecule has 1 N–H and O–H groups in total. The molecule has 0 unspecified atom stereocenters. The smallest absolute Gasteiger partial charge is 0.292 e. The number of carbonyl (C=O) groups excluding carboxylic acids is 1. The minimum Gasteiger partial charge on any atom is -0.471 e. The van der Waals surface area contributed by atoms with Crippen LogP contribution in [0.15, 0.2) is 0 Å². The summed E-state index contributed by atoms with van der Waals surface area (Å²) in [5, 5.41) is 3.21. The minimum atomic E-state index is 0.375. The molecule has 1 aliphatic heterocycles. The Morgan fingerprint density at radius 1 is 1.70 bits per heavy atom. The first-order valence-corrected chi connectivity index (χ1v) is 3.52. The zero-order chi connectivity index (χ0) is 7.82. The molecule has 0 aromatic rings. The largest absolute Gasteiger partial charge is 0.471 e. The third-order valence-corrected chi connectivity index (χ3v) is 1.54. The van der Waals surface area contributed by atoms with Gasteiger partial charge in [0.15, 0.2) is 0 Å². The Bertz CT molecular complexity index is 78.9. The number of rotatable bonds is 2. The summed E-state index contributed by atoms with van der Waals surface area (Å²) in [5.41, 5.74) is 0. The van der Waals surface area contributed by atoms with Crippen LogP contribution in [-0.2, 0) is 9.53 Å². The zero-order valence-corrected chi connectivity index (χ0v) is 6.59. The van der Waals surface area contributed by atoms with E-state index < -0.39 is 0 Å². The lowest BCUT2D eigenvalue weighted by atomic mass is 10.0. The highest BCUT2D eigenvalue weighted by atomic mass is 16.5. The number of nitrogens with one attached hydrogen (secondary N) is 1. The second kappa shape index (κ2) is 6.55. The van der Waals surface area contributed by atoms with Crippen LogP contribution in [0.25, 0.3) is 0 Å². The summed E-state index contributed by atoms with van der Waals surface area (Å²) in [6.45, 7) is 5.14. The Labute approximate surface area is 61.8 Å². The highest BCUT2D eigenvalue weighted by Crippen LogP contribution is 2.05. The summed E-state index contributed by atoms with van der Waals surface area (Å²) in [6.07, 6.45) is 1.35. The second-order valence-corrected chi connectivity index (χ2v) is 2.26. The standard InChI is InChI=1S/C5H11N.C2H4O2/c1-2-5-3-6-4-5;1-4-2-3/h5-6H,2-4H2,1H3;2H,1H3. The summed E-state index contributed by atoms with van der Waals surface area (Å²) >= 11 is 0. The quantitative estimate of drug-likeness (QED) is 0.572. The van der Waals surface area contributed by atoms with Gasteiger partial charge in [-0.25, -0.2) is 0 Å². The van der Waals surface area contributed by atoms with Gasteiger partial charge in [-0.1, -0.05) is 13.3 Å². The van der Waals surface area contributed by atoms with E-state index in [1.165, 1.54) is 26.6 Å². The van der Waals surface area contributed by atoms with Crippen molar-refractivity contribution >= 4 is 6.47 Å². The van der Waals surface area contributed by atoms with E-state index in [0.717, 1.165) is 5.92 Å². The van der Waals surface area contributed by atoms with Gasteiger partial charge < -0.3 is 10.1 Å². The summed E-state index contributed by atoms with van der Waals surface area (Å²) in [6, 6.07) is 0. The highest BCUT2D eigenvalue weighted by molar-refractivity contribution is 5.36. The molecule has 0 aromatic heterocycles. The number of hydrogen-bond donors (Lipinski definition) is 1. The molecule has 0 atom stereocenters. The van der Waals surface area contributed by atoms with Gasteiger partial charge in [-0.2, -0.15) is 0 Å². The van der Waals surface area contributed by atoms with E-state index in [1.54, 1.807) is 0 Å². The van der Waals surface area contributed by atoms with Crippen molar-refractivity contribution in [2.24, 2.45) is 5.92 Å². The van der Waals surface area contributed by atoms with Gasteiger partial charge in [-0.15, -0.1) is 0 Å². The van der Waals surface area contributed by atoms with Crippen molar-refractivity contribution in [2.75, 3.05) is 20.2 Å². The van der Waals surface area contributed by atoms with E-state index in [-0.39, 0.29) is 0 Å². The van der Waals surface area contributed by atoms with Crippen LogP contribution in [0.2, 0.25) is 0 Å². The lowest BCUT2D eigenvalue weighted by Crippen LogP contribution is -2.41. The fourth-order valence-corrected chi connectivity index (χ4v) is 0.637. The van der Waals surface area contributed by atoms with Crippen molar-refractivity contribution in [3.8, 4) is 0 Å². The summed E-state index contributed by atoms with van der Waals surface area (Å²) in [5.74, 6) is 1.00. The molecule has 3 heteroatoms. The normalized spacial score (nSPS) is 16.2. The highest BCUT2D eigenvalue weighted by Gasteiger charge is 2.12. The average molecular weight is 145 g/mol. The summed E-state index contributed by atoms with van der Waals surface area (Å²) < 4.78 is 3.86. The Morgan fingerprint density at radius 3 is 2.20 bits per heavy atom. The molecule has 0 bridgehead atoms. The molecule has 10 heavy (non-hydrogen) atoms. The molecule has 3 nitrogen and oxygen atoms in total. The van der Waals surface area contributed by atoms with Gasteiger partial charge in [0.05, 0.1) is 7.11 Å². The van der Waals surface area contributed by atoms with Gasteiger partial charge in [-0.3, -0.25) is 4.79 Å². The van der Waals surface area contributed by atoms with E-state index in [2.05, 4.69) is 17.0 Å². The first-order valence-electron chi connectivity index (χ1n) is 3.52. The Kier molecular flexibility index (Phi) is 6.18. The number of hydrogen-bond acceptors (Lipinski definition) is 3. The first kappa shape index (κ1) is 9.43. The van der Waals surface area contributed by atoms with Crippen molar-refractivity contribution in [3.05, 3.63) is 0 Å². The number of ether oxygens (including phenoxy) is 1. The fourth-order valence-electron chi connectivity index (χ4n) is 0.637. The van der Waals surface area contributed by atoms with E-state index in [0.29, 0.717) is 6.47 Å². The Hall–Kier alpha value is -0.570. The topological polar surface area (TPSA) is 38.3 Å². The first-order chi connectivity index (χ1) is 4.85. The molecule has 0 aliphatic carbocycles. The van der Waals surface area contributed by atoms with Gasteiger partial charge in [-0.05, 0) is 19.0 Å². The third kappa shape index (κ3) is 4.32. The van der Waals surface area contributed by atoms with Crippen LogP contribution in [0, 0.1) is 5.92 Å². The molecule has 0 saturated carbocycles. The van der Waals surface area contributed by atoms with Crippen LogP contribution < -0.4 is 5.32 Å². The van der Waals surface area contributed by atoms with Gasteiger partial charge in [0, 0.05) is 0 Å². The molecule has 1 aliphatic rings. The Balaban J connectivity index is 0.000000180. The molecule has 1 heterocycles. The molecular formula is C7H15NO2. The average Bonchev–Trinajstić information content (AvgIpc) is 1.87. The van der Waals surface area contributed by atoms with Crippen LogP contribution in [0.5, 0.6) is 0 Å². The zero-order valence-electron chi connectivity index (χ0n) is 6.59. The second-order valence-electron chi connectivity index (χ2n) is 2.26. The molecule has 1 rings (SSSR count). The number of carbonyl (C=O) groups is 1. The molecule has 1 saturated heterocycles. The van der Waals surface area contributed by atoms with E-state index in [4.69, 9.17) is 4.79 Å². The summed E-state index contributed by atoms with van der Waals surface area (Å²) in [4.78, 5) is 8.95. The lowest BCUT2D eigenvalue weighted by Gasteiger charge is -2.25. The van der Waals surface area contributed by atoms with Crippen molar-refractivity contribution < 1.29 is 9.53 Å². The maximum absolute atomic E-state index is 8.95. The molecular weight excluding hydrogens is 130 g/mol. The summed E-state index contributed by atoms with van der Waals surface area (Å²) in [7, 11) is 1.31. The molecule has 0 aromatic carbocycles. The molecule has 60 valence electrons. The maximum Gasteiger partial charge on any atom is 0.292 e. The SMILES string of the molecule is CCC1CNC1.COC=O. The van der Waals surface area contributed by atoms with Crippen molar-refractivity contribution in [2.45, 2.75) is 13.3 Å². The predicted octanol–water partition coefficient (Wildman–Crippen LogP) is 0.405. The predicted molar refractivity (Wildman–Crippen MR) is 39.7 cm³/mol. The molecule has 0 amide bonds. The minimum absolute atomic E-state index is 0.375. The van der Waals surface area contributed by atoms with Crippen molar-refractivity contribution in [3.63, 3.8) is 0 Å². The maximum atomic E-state index is 8.95. The van der Waals surface area contributed by atoms with Crippen LogP contribution in [0.3, 0.4) is 0 Å². The van der Waals surface area contributed by atoms with Gasteiger partial charge in [0.1, 0.15) is 0 Å². The molecule has 0 spiro atoms. The van der Waals surface area contributed by atoms with E-state index in [1.807, 2.05) is 0 Å². The third-order valence-electron chi connectivity index (χ3n) is 1.54. The fraction of sp³-hybridized carbons (Fsp3) is 0.857.